The fourth-order valence-electron chi connectivity index (χ4n) is 2.91. The third-order valence-electron chi connectivity index (χ3n) is 4.56. The number of benzene rings is 2. The van der Waals surface area contributed by atoms with Crippen LogP contribution in [0.2, 0.25) is 0 Å². The molecule has 0 radical (unpaired) electrons. The Bertz CT molecular complexity index is 880. The predicted octanol–water partition coefficient (Wildman–Crippen LogP) is 2.66. The highest BCUT2D eigenvalue weighted by Gasteiger charge is 2.29. The summed E-state index contributed by atoms with van der Waals surface area (Å²) in [5.41, 5.74) is 1.17. The zero-order valence-electron chi connectivity index (χ0n) is 15.1. The van der Waals surface area contributed by atoms with E-state index in [9.17, 15) is 17.2 Å². The van der Waals surface area contributed by atoms with Crippen molar-refractivity contribution < 1.29 is 21.9 Å². The Morgan fingerprint density at radius 3 is 2.26 bits per heavy atom. The van der Waals surface area contributed by atoms with E-state index in [1.165, 1.54) is 9.87 Å². The largest absolute Gasteiger partial charge is 0.492 e. The molecule has 27 heavy (non-hydrogen) atoms. The van der Waals surface area contributed by atoms with Gasteiger partial charge in [-0.05, 0) is 37.3 Å². The van der Waals surface area contributed by atoms with Crippen molar-refractivity contribution in [2.24, 2.45) is 0 Å². The average Bonchev–Trinajstić information content (AvgIpc) is 2.66. The Labute approximate surface area is 158 Å². The standard InChI is InChI=1S/C19H22F2N2O3S/c1-15-2-4-16(5-3-15)26-13-12-22-8-10-23(11-9-22)27(24,25)17-6-7-18(20)19(21)14-17/h2-7,14H,8-13H2,1H3. The molecule has 8 heteroatoms. The number of nitrogens with zero attached hydrogens (tertiary/aromatic N) is 2. The lowest BCUT2D eigenvalue weighted by Crippen LogP contribution is -2.49. The van der Waals surface area contributed by atoms with Crippen LogP contribution in [0.15, 0.2) is 47.4 Å². The van der Waals surface area contributed by atoms with Crippen LogP contribution in [-0.4, -0.2) is 57.0 Å². The lowest BCUT2D eigenvalue weighted by molar-refractivity contribution is 0.159. The monoisotopic (exact) mass is 396 g/mol. The first-order valence-electron chi connectivity index (χ1n) is 8.73. The first-order chi connectivity index (χ1) is 12.9. The molecular weight excluding hydrogens is 374 g/mol. The number of halogens is 2. The SMILES string of the molecule is Cc1ccc(OCCN2CCN(S(=O)(=O)c3ccc(F)c(F)c3)CC2)cc1. The highest BCUT2D eigenvalue weighted by Crippen LogP contribution is 2.20. The van der Waals surface area contributed by atoms with Gasteiger partial charge in [0.05, 0.1) is 4.90 Å². The van der Waals surface area contributed by atoms with Crippen molar-refractivity contribution in [3.05, 3.63) is 59.7 Å². The normalized spacial score (nSPS) is 16.4. The Morgan fingerprint density at radius 1 is 0.963 bits per heavy atom. The van der Waals surface area contributed by atoms with Crippen LogP contribution in [0.1, 0.15) is 5.56 Å². The maximum absolute atomic E-state index is 13.4. The molecule has 0 aromatic heterocycles. The minimum atomic E-state index is -3.82. The van der Waals surface area contributed by atoms with Crippen LogP contribution < -0.4 is 4.74 Å². The maximum atomic E-state index is 13.4. The van der Waals surface area contributed by atoms with Gasteiger partial charge in [0.1, 0.15) is 12.4 Å². The number of aryl methyl sites for hydroxylation is 1. The molecule has 5 nitrogen and oxygen atoms in total. The van der Waals surface area contributed by atoms with Crippen LogP contribution >= 0.6 is 0 Å². The van der Waals surface area contributed by atoms with Crippen LogP contribution in [0.4, 0.5) is 8.78 Å². The number of piperazine rings is 1. The summed E-state index contributed by atoms with van der Waals surface area (Å²) in [5.74, 6) is -1.42. The van der Waals surface area contributed by atoms with Gasteiger partial charge in [-0.15, -0.1) is 0 Å². The molecule has 1 fully saturated rings. The second kappa shape index (κ2) is 8.33. The van der Waals surface area contributed by atoms with Crippen molar-refractivity contribution in [3.63, 3.8) is 0 Å². The van der Waals surface area contributed by atoms with Gasteiger partial charge in [0, 0.05) is 32.7 Å². The fraction of sp³-hybridized carbons (Fsp3) is 0.368. The van der Waals surface area contributed by atoms with E-state index in [0.29, 0.717) is 39.3 Å². The molecule has 2 aromatic carbocycles. The first kappa shape index (κ1) is 19.7. The summed E-state index contributed by atoms with van der Waals surface area (Å²) in [4.78, 5) is 1.89. The molecule has 146 valence electrons. The topological polar surface area (TPSA) is 49.9 Å². The van der Waals surface area contributed by atoms with Crippen molar-refractivity contribution in [3.8, 4) is 5.75 Å². The molecule has 1 aliphatic rings. The van der Waals surface area contributed by atoms with Gasteiger partial charge in [-0.25, -0.2) is 17.2 Å². The van der Waals surface area contributed by atoms with Gasteiger partial charge in [0.15, 0.2) is 11.6 Å². The molecule has 0 bridgehead atoms. The second-order valence-electron chi connectivity index (χ2n) is 6.48. The second-order valence-corrected chi connectivity index (χ2v) is 8.42. The van der Waals surface area contributed by atoms with Gasteiger partial charge < -0.3 is 4.74 Å². The Morgan fingerprint density at radius 2 is 1.63 bits per heavy atom. The van der Waals surface area contributed by atoms with Crippen LogP contribution in [0.25, 0.3) is 0 Å². The van der Waals surface area contributed by atoms with E-state index in [0.717, 1.165) is 23.9 Å². The van der Waals surface area contributed by atoms with Gasteiger partial charge in [-0.3, -0.25) is 4.90 Å². The first-order valence-corrected chi connectivity index (χ1v) is 10.2. The van der Waals surface area contributed by atoms with Crippen molar-refractivity contribution in [2.75, 3.05) is 39.3 Å². The lowest BCUT2D eigenvalue weighted by atomic mass is 10.2. The zero-order chi connectivity index (χ0) is 19.4. The number of ether oxygens (including phenoxy) is 1. The molecule has 0 amide bonds. The molecule has 0 N–H and O–H groups in total. The maximum Gasteiger partial charge on any atom is 0.243 e. The quantitative estimate of drug-likeness (QED) is 0.753. The van der Waals surface area contributed by atoms with Gasteiger partial charge in [-0.1, -0.05) is 17.7 Å². The molecule has 2 aromatic rings. The molecule has 0 aliphatic carbocycles. The summed E-state index contributed by atoms with van der Waals surface area (Å²) in [6.07, 6.45) is 0. The van der Waals surface area contributed by atoms with Crippen LogP contribution in [-0.2, 0) is 10.0 Å². The summed E-state index contributed by atoms with van der Waals surface area (Å²) >= 11 is 0. The van der Waals surface area contributed by atoms with Crippen LogP contribution in [0.5, 0.6) is 5.75 Å². The molecular formula is C19H22F2N2O3S. The third-order valence-corrected chi connectivity index (χ3v) is 6.45. The summed E-state index contributed by atoms with van der Waals surface area (Å²) in [6, 6.07) is 10.5. The van der Waals surface area contributed by atoms with E-state index in [-0.39, 0.29) is 4.90 Å². The van der Waals surface area contributed by atoms with Gasteiger partial charge in [-0.2, -0.15) is 4.31 Å². The van der Waals surface area contributed by atoms with Crippen molar-refractivity contribution >= 4 is 10.0 Å². The molecule has 1 saturated heterocycles. The van der Waals surface area contributed by atoms with E-state index in [1.807, 2.05) is 31.2 Å². The number of sulfonamides is 1. The average molecular weight is 396 g/mol. The van der Waals surface area contributed by atoms with E-state index >= 15 is 0 Å². The lowest BCUT2D eigenvalue weighted by Gasteiger charge is -2.33. The highest BCUT2D eigenvalue weighted by molar-refractivity contribution is 7.89. The van der Waals surface area contributed by atoms with Crippen LogP contribution in [0, 0.1) is 18.6 Å². The van der Waals surface area contributed by atoms with Gasteiger partial charge in [0.25, 0.3) is 0 Å². The molecule has 1 heterocycles. The smallest absolute Gasteiger partial charge is 0.243 e. The van der Waals surface area contributed by atoms with E-state index in [4.69, 9.17) is 4.74 Å². The predicted molar refractivity (Wildman–Crippen MR) is 98.2 cm³/mol. The summed E-state index contributed by atoms with van der Waals surface area (Å²) in [7, 11) is -3.82. The highest BCUT2D eigenvalue weighted by atomic mass is 32.2. The van der Waals surface area contributed by atoms with Gasteiger partial charge in [0.2, 0.25) is 10.0 Å². The zero-order valence-corrected chi connectivity index (χ0v) is 15.9. The molecule has 3 rings (SSSR count). The van der Waals surface area contributed by atoms with Crippen LogP contribution in [0.3, 0.4) is 0 Å². The minimum absolute atomic E-state index is 0.224. The Hall–Kier alpha value is -2.03. The number of hydrogen-bond donors (Lipinski definition) is 0. The summed E-state index contributed by atoms with van der Waals surface area (Å²) < 4.78 is 58.6. The Balaban J connectivity index is 1.50. The fourth-order valence-corrected chi connectivity index (χ4v) is 4.34. The van der Waals surface area contributed by atoms with E-state index in [2.05, 4.69) is 4.90 Å². The molecule has 0 atom stereocenters. The third kappa shape index (κ3) is 4.82. The summed E-state index contributed by atoms with van der Waals surface area (Å²) in [5, 5.41) is 0. The minimum Gasteiger partial charge on any atom is -0.492 e. The van der Waals surface area contributed by atoms with Gasteiger partial charge >= 0.3 is 0 Å². The van der Waals surface area contributed by atoms with E-state index in [1.54, 1.807) is 0 Å². The number of hydrogen-bond acceptors (Lipinski definition) is 4. The van der Waals surface area contributed by atoms with Crippen molar-refractivity contribution in [1.29, 1.82) is 0 Å². The van der Waals surface area contributed by atoms with Crippen molar-refractivity contribution in [1.82, 2.24) is 9.21 Å². The summed E-state index contributed by atoms with van der Waals surface area (Å²) in [6.45, 7) is 4.92. The molecule has 0 saturated carbocycles. The molecule has 1 aliphatic heterocycles. The molecule has 0 unspecified atom stereocenters. The van der Waals surface area contributed by atoms with Crippen molar-refractivity contribution in [2.45, 2.75) is 11.8 Å². The number of rotatable bonds is 6. The molecule has 0 spiro atoms. The Kier molecular flexibility index (Phi) is 6.08. The van der Waals surface area contributed by atoms with E-state index < -0.39 is 21.7 Å².